The molecule has 3 N–H and O–H groups in total. The number of hydrogen-bond acceptors (Lipinski definition) is 5. The van der Waals surface area contributed by atoms with Crippen molar-refractivity contribution in [2.75, 3.05) is 24.1 Å². The number of carbonyl (C=O) groups is 2. The minimum Gasteiger partial charge on any atom is -0.482 e. The van der Waals surface area contributed by atoms with E-state index < -0.39 is 17.3 Å². The maximum absolute atomic E-state index is 14.0. The van der Waals surface area contributed by atoms with Gasteiger partial charge in [0.05, 0.1) is 10.4 Å². The van der Waals surface area contributed by atoms with Crippen molar-refractivity contribution >= 4 is 46.5 Å². The molecule has 1 fully saturated rings. The number of ether oxygens (including phenoxy) is 1. The Morgan fingerprint density at radius 1 is 1.19 bits per heavy atom. The van der Waals surface area contributed by atoms with Gasteiger partial charge in [-0.25, -0.2) is 9.37 Å². The average Bonchev–Trinajstić information content (AvgIpc) is 3.13. The predicted octanol–water partition coefficient (Wildman–Crippen LogP) is 5.75. The van der Waals surface area contributed by atoms with Crippen molar-refractivity contribution in [3.05, 3.63) is 69.6 Å². The van der Waals surface area contributed by atoms with Crippen LogP contribution in [0.5, 0.6) is 5.75 Å². The van der Waals surface area contributed by atoms with Crippen molar-refractivity contribution in [1.82, 2.24) is 9.88 Å². The second kappa shape index (κ2) is 9.50. The molecule has 1 saturated heterocycles. The zero-order valence-corrected chi connectivity index (χ0v) is 21.8. The van der Waals surface area contributed by atoms with Gasteiger partial charge >= 0.3 is 0 Å². The molecule has 10 heteroatoms. The molecule has 37 heavy (non-hydrogen) atoms. The lowest BCUT2D eigenvalue weighted by Gasteiger charge is -2.37. The van der Waals surface area contributed by atoms with E-state index in [1.54, 1.807) is 31.0 Å². The van der Waals surface area contributed by atoms with Crippen molar-refractivity contribution in [3.8, 4) is 16.9 Å². The molecule has 7 nitrogen and oxygen atoms in total. The van der Waals surface area contributed by atoms with E-state index in [0.29, 0.717) is 37.2 Å². The number of rotatable bonds is 4. The van der Waals surface area contributed by atoms with Gasteiger partial charge in [-0.05, 0) is 61.2 Å². The summed E-state index contributed by atoms with van der Waals surface area (Å²) in [6.45, 7) is 4.29. The number of piperidine rings is 1. The molecular formula is C27H25Cl2FN4O3. The molecule has 3 aromatic rings. The maximum Gasteiger partial charge on any atom is 0.235 e. The fourth-order valence-electron chi connectivity index (χ4n) is 5.16. The van der Waals surface area contributed by atoms with E-state index >= 15 is 0 Å². The zero-order valence-electron chi connectivity index (χ0n) is 20.3. The van der Waals surface area contributed by atoms with Crippen LogP contribution < -0.4 is 15.8 Å². The maximum atomic E-state index is 14.0. The number of likely N-dealkylation sites (tertiary alicyclic amines) is 1. The Hall–Kier alpha value is -3.36. The van der Waals surface area contributed by atoms with E-state index in [4.69, 9.17) is 33.7 Å². The van der Waals surface area contributed by atoms with Crippen LogP contribution in [0.15, 0.2) is 42.6 Å². The van der Waals surface area contributed by atoms with Gasteiger partial charge in [0.15, 0.2) is 11.6 Å². The van der Waals surface area contributed by atoms with Crippen molar-refractivity contribution in [1.29, 1.82) is 0 Å². The minimum absolute atomic E-state index is 0.0118. The number of carbonyl (C=O) groups excluding carboxylic acids is 2. The van der Waals surface area contributed by atoms with Crippen LogP contribution in [0.25, 0.3) is 11.1 Å². The normalized spacial score (nSPS) is 16.9. The highest BCUT2D eigenvalue weighted by atomic mass is 35.5. The molecule has 2 aromatic carbocycles. The Labute approximate surface area is 223 Å². The summed E-state index contributed by atoms with van der Waals surface area (Å²) in [5.74, 6) is -0.177. The molecule has 3 heterocycles. The minimum atomic E-state index is -0.702. The van der Waals surface area contributed by atoms with Crippen molar-refractivity contribution in [2.45, 2.75) is 38.2 Å². The topological polar surface area (TPSA) is 97.6 Å². The predicted molar refractivity (Wildman–Crippen MR) is 141 cm³/mol. The number of halogens is 3. The first-order valence-electron chi connectivity index (χ1n) is 11.9. The highest BCUT2D eigenvalue weighted by Crippen LogP contribution is 2.46. The van der Waals surface area contributed by atoms with Gasteiger partial charge in [0.2, 0.25) is 11.8 Å². The lowest BCUT2D eigenvalue weighted by molar-refractivity contribution is -0.133. The number of anilines is 2. The SMILES string of the molecule is CC(=O)N1CCC2(CC1)C(=O)Nc1ccc(-c3cnc(N)c(O[C@H](C)c4c(Cl)ccc(F)c4Cl)c3)cc12. The van der Waals surface area contributed by atoms with Crippen LogP contribution in [-0.4, -0.2) is 34.8 Å². The summed E-state index contributed by atoms with van der Waals surface area (Å²) < 4.78 is 20.1. The van der Waals surface area contributed by atoms with Crippen LogP contribution in [0.2, 0.25) is 10.0 Å². The molecule has 0 bridgehead atoms. The molecule has 192 valence electrons. The van der Waals surface area contributed by atoms with Gasteiger partial charge in [0.1, 0.15) is 11.9 Å². The lowest BCUT2D eigenvalue weighted by Crippen LogP contribution is -2.47. The van der Waals surface area contributed by atoms with Gasteiger partial charge in [0.25, 0.3) is 0 Å². The first-order valence-corrected chi connectivity index (χ1v) is 12.6. The molecule has 1 aromatic heterocycles. The van der Waals surface area contributed by atoms with Crippen molar-refractivity contribution in [3.63, 3.8) is 0 Å². The van der Waals surface area contributed by atoms with E-state index in [1.807, 2.05) is 18.2 Å². The summed E-state index contributed by atoms with van der Waals surface area (Å²) in [4.78, 5) is 30.9. The largest absolute Gasteiger partial charge is 0.482 e. The molecular weight excluding hydrogens is 518 g/mol. The number of nitrogens with one attached hydrogen (secondary N) is 1. The third-order valence-electron chi connectivity index (χ3n) is 7.29. The molecule has 1 spiro atoms. The Kier molecular flexibility index (Phi) is 6.50. The summed E-state index contributed by atoms with van der Waals surface area (Å²) in [7, 11) is 0. The highest BCUT2D eigenvalue weighted by Gasteiger charge is 2.48. The molecule has 0 saturated carbocycles. The number of hydrogen-bond donors (Lipinski definition) is 2. The van der Waals surface area contributed by atoms with Crippen molar-refractivity contribution < 1.29 is 18.7 Å². The van der Waals surface area contributed by atoms with E-state index in [9.17, 15) is 14.0 Å². The Bertz CT molecular complexity index is 1420. The van der Waals surface area contributed by atoms with Crippen LogP contribution in [0.3, 0.4) is 0 Å². The van der Waals surface area contributed by atoms with Crippen LogP contribution in [-0.2, 0) is 15.0 Å². The van der Waals surface area contributed by atoms with E-state index in [-0.39, 0.29) is 27.7 Å². The number of pyridine rings is 1. The van der Waals surface area contributed by atoms with Gasteiger partial charge in [-0.2, -0.15) is 0 Å². The summed E-state index contributed by atoms with van der Waals surface area (Å²) in [5.41, 5.74) is 8.96. The first-order chi connectivity index (χ1) is 17.6. The summed E-state index contributed by atoms with van der Waals surface area (Å²) >= 11 is 12.4. The molecule has 2 aliphatic heterocycles. The van der Waals surface area contributed by atoms with Gasteiger partial charge < -0.3 is 20.7 Å². The fourth-order valence-corrected chi connectivity index (χ4v) is 5.84. The molecule has 0 aliphatic carbocycles. The molecule has 0 unspecified atom stereocenters. The highest BCUT2D eigenvalue weighted by molar-refractivity contribution is 6.36. The number of nitrogens with zero attached hydrogens (tertiary/aromatic N) is 2. The molecule has 2 amide bonds. The van der Waals surface area contributed by atoms with Crippen molar-refractivity contribution in [2.24, 2.45) is 0 Å². The quantitative estimate of drug-likeness (QED) is 0.409. The number of nitrogen functional groups attached to an aromatic ring is 1. The van der Waals surface area contributed by atoms with Gasteiger partial charge in [-0.15, -0.1) is 0 Å². The number of nitrogens with two attached hydrogens (primary N) is 1. The van der Waals surface area contributed by atoms with Gasteiger partial charge in [-0.3, -0.25) is 9.59 Å². The van der Waals surface area contributed by atoms with Crippen LogP contribution in [0.1, 0.15) is 43.9 Å². The number of benzene rings is 2. The third kappa shape index (κ3) is 4.38. The first kappa shape index (κ1) is 25.3. The second-order valence-corrected chi connectivity index (χ2v) is 10.2. The summed E-state index contributed by atoms with van der Waals surface area (Å²) in [6, 6.07) is 10.1. The zero-order chi connectivity index (χ0) is 26.5. The van der Waals surface area contributed by atoms with Crippen LogP contribution in [0.4, 0.5) is 15.9 Å². The summed E-state index contributed by atoms with van der Waals surface area (Å²) in [5, 5.41) is 3.17. The number of fused-ring (bicyclic) bond motifs is 2. The monoisotopic (exact) mass is 542 g/mol. The lowest BCUT2D eigenvalue weighted by atomic mass is 9.73. The number of aromatic nitrogens is 1. The second-order valence-electron chi connectivity index (χ2n) is 9.43. The Balaban J connectivity index is 1.46. The fraction of sp³-hybridized carbons (Fsp3) is 0.296. The van der Waals surface area contributed by atoms with Gasteiger partial charge in [-0.1, -0.05) is 29.3 Å². The van der Waals surface area contributed by atoms with Gasteiger partial charge in [0, 0.05) is 48.0 Å². The Morgan fingerprint density at radius 3 is 2.62 bits per heavy atom. The summed E-state index contributed by atoms with van der Waals surface area (Å²) in [6.07, 6.45) is 2.03. The van der Waals surface area contributed by atoms with E-state index in [0.717, 1.165) is 22.4 Å². The Morgan fingerprint density at radius 2 is 1.92 bits per heavy atom. The third-order valence-corrected chi connectivity index (χ3v) is 8.00. The average molecular weight is 543 g/mol. The molecule has 2 aliphatic rings. The van der Waals surface area contributed by atoms with Crippen LogP contribution in [0, 0.1) is 5.82 Å². The van der Waals surface area contributed by atoms with E-state index in [2.05, 4.69) is 10.3 Å². The molecule has 0 radical (unpaired) electrons. The molecule has 1 atom stereocenters. The van der Waals surface area contributed by atoms with E-state index in [1.165, 1.54) is 12.1 Å². The number of amides is 2. The van der Waals surface area contributed by atoms with Crippen LogP contribution >= 0.6 is 23.2 Å². The molecule has 5 rings (SSSR count). The standard InChI is InChI=1S/C27H25Cl2FN4O3/c1-14(23-19(28)4-5-20(30)24(23)29)37-22-12-17(13-32-25(22)31)16-3-6-21-18(11-16)27(26(36)33-21)7-9-34(10-8-27)15(2)35/h3-6,11-14H,7-10H2,1-2H3,(H2,31,32)(H,33,36)/t14-/m1/s1. The smallest absolute Gasteiger partial charge is 0.235 e.